The SMILES string of the molecule is Cc1c(O)[nH]c(O)c1C(=O)[C@@H](NC(=O)C[C@H](NC(=O)OC(C)(C)C)c1ccccc1)C(C)C. The van der Waals surface area contributed by atoms with E-state index >= 15 is 0 Å². The number of hydrogen-bond donors (Lipinski definition) is 5. The van der Waals surface area contributed by atoms with Crippen molar-refractivity contribution in [3.8, 4) is 11.8 Å². The summed E-state index contributed by atoms with van der Waals surface area (Å²) in [6.07, 6.45) is -0.799. The highest BCUT2D eigenvalue weighted by atomic mass is 16.6. The molecular weight excluding hydrogens is 426 g/mol. The van der Waals surface area contributed by atoms with Crippen LogP contribution in [0.2, 0.25) is 0 Å². The van der Waals surface area contributed by atoms with Crippen LogP contribution in [0.5, 0.6) is 11.8 Å². The third-order valence-corrected chi connectivity index (χ3v) is 5.00. The molecule has 0 aliphatic rings. The van der Waals surface area contributed by atoms with E-state index in [2.05, 4.69) is 15.6 Å². The van der Waals surface area contributed by atoms with Crippen molar-refractivity contribution in [2.45, 2.75) is 65.6 Å². The first kappa shape index (κ1) is 25.8. The first-order valence-electron chi connectivity index (χ1n) is 10.8. The maximum absolute atomic E-state index is 13.1. The average Bonchev–Trinajstić information content (AvgIpc) is 2.95. The molecule has 2 rings (SSSR count). The maximum atomic E-state index is 13.1. The second-order valence-electron chi connectivity index (χ2n) is 9.29. The van der Waals surface area contributed by atoms with Crippen LogP contribution in [0.25, 0.3) is 0 Å². The number of hydrogen-bond acceptors (Lipinski definition) is 6. The van der Waals surface area contributed by atoms with E-state index in [0.29, 0.717) is 5.56 Å². The topological polar surface area (TPSA) is 141 Å². The molecule has 2 amide bonds. The molecule has 0 aliphatic heterocycles. The van der Waals surface area contributed by atoms with Gasteiger partial charge >= 0.3 is 6.09 Å². The van der Waals surface area contributed by atoms with Crippen molar-refractivity contribution in [2.75, 3.05) is 0 Å². The van der Waals surface area contributed by atoms with Gasteiger partial charge in [0, 0.05) is 5.56 Å². The van der Waals surface area contributed by atoms with Gasteiger partial charge in [0.25, 0.3) is 0 Å². The van der Waals surface area contributed by atoms with Crippen LogP contribution >= 0.6 is 0 Å². The number of ether oxygens (including phenoxy) is 1. The normalized spacial score (nSPS) is 13.3. The van der Waals surface area contributed by atoms with E-state index in [4.69, 9.17) is 4.74 Å². The molecule has 0 bridgehead atoms. The summed E-state index contributed by atoms with van der Waals surface area (Å²) in [5.74, 6) is -2.06. The highest BCUT2D eigenvalue weighted by Gasteiger charge is 2.32. The second-order valence-corrected chi connectivity index (χ2v) is 9.29. The minimum atomic E-state index is -0.949. The Morgan fingerprint density at radius 2 is 1.64 bits per heavy atom. The number of amides is 2. The molecule has 2 aromatic rings. The van der Waals surface area contributed by atoms with E-state index in [9.17, 15) is 24.6 Å². The lowest BCUT2D eigenvalue weighted by Crippen LogP contribution is -2.46. The molecule has 33 heavy (non-hydrogen) atoms. The van der Waals surface area contributed by atoms with Gasteiger partial charge in [-0.1, -0.05) is 44.2 Å². The fraction of sp³-hybridized carbons (Fsp3) is 0.458. The molecule has 0 saturated heterocycles. The highest BCUT2D eigenvalue weighted by molar-refractivity contribution is 6.05. The van der Waals surface area contributed by atoms with Crippen molar-refractivity contribution in [2.24, 2.45) is 5.92 Å². The quantitative estimate of drug-likeness (QED) is 0.381. The Morgan fingerprint density at radius 1 is 1.03 bits per heavy atom. The van der Waals surface area contributed by atoms with Crippen LogP contribution in [0.4, 0.5) is 4.79 Å². The van der Waals surface area contributed by atoms with Gasteiger partial charge in [-0.15, -0.1) is 0 Å². The molecular formula is C24H33N3O6. The Balaban J connectivity index is 2.21. The van der Waals surface area contributed by atoms with Crippen LogP contribution in [0.1, 0.15) is 68.6 Å². The summed E-state index contributed by atoms with van der Waals surface area (Å²) in [6.45, 7) is 10.2. The van der Waals surface area contributed by atoms with E-state index in [1.807, 2.05) is 6.07 Å². The Labute approximate surface area is 193 Å². The summed E-state index contributed by atoms with van der Waals surface area (Å²) in [5, 5.41) is 25.2. The summed E-state index contributed by atoms with van der Waals surface area (Å²) in [5.41, 5.74) is 0.129. The molecule has 1 heterocycles. The lowest BCUT2D eigenvalue weighted by atomic mass is 9.93. The Kier molecular flexibility index (Phi) is 8.13. The highest BCUT2D eigenvalue weighted by Crippen LogP contribution is 2.30. The standard InChI is InChI=1S/C24H33N3O6/c1-13(2)19(20(29)18-14(3)21(30)27-22(18)31)26-17(28)12-16(15-10-8-7-9-11-15)25-23(32)33-24(4,5)6/h7-11,13,16,19,27,30-31H,12H2,1-6H3,(H,25,32)(H,26,28)/t16-,19-/m0/s1. The van der Waals surface area contributed by atoms with Crippen LogP contribution in [0.15, 0.2) is 30.3 Å². The number of benzene rings is 1. The molecule has 0 aliphatic carbocycles. The fourth-order valence-electron chi connectivity index (χ4n) is 3.36. The van der Waals surface area contributed by atoms with Crippen LogP contribution in [0.3, 0.4) is 0 Å². The van der Waals surface area contributed by atoms with E-state index in [1.54, 1.807) is 58.9 Å². The monoisotopic (exact) mass is 459 g/mol. The predicted molar refractivity (Wildman–Crippen MR) is 123 cm³/mol. The molecule has 0 spiro atoms. The van der Waals surface area contributed by atoms with E-state index in [1.165, 1.54) is 6.92 Å². The van der Waals surface area contributed by atoms with E-state index in [-0.39, 0.29) is 29.3 Å². The van der Waals surface area contributed by atoms with Crippen molar-refractivity contribution in [1.29, 1.82) is 0 Å². The summed E-state index contributed by atoms with van der Waals surface area (Å²) >= 11 is 0. The van der Waals surface area contributed by atoms with Crippen molar-refractivity contribution in [3.05, 3.63) is 47.0 Å². The number of nitrogens with one attached hydrogen (secondary N) is 3. The van der Waals surface area contributed by atoms with Crippen LogP contribution < -0.4 is 10.6 Å². The average molecular weight is 460 g/mol. The van der Waals surface area contributed by atoms with Crippen molar-refractivity contribution in [3.63, 3.8) is 0 Å². The number of H-pyrrole nitrogens is 1. The Morgan fingerprint density at radius 3 is 2.12 bits per heavy atom. The summed E-state index contributed by atoms with van der Waals surface area (Å²) in [6, 6.07) is 7.34. The lowest BCUT2D eigenvalue weighted by Gasteiger charge is -2.25. The zero-order chi connectivity index (χ0) is 24.9. The fourth-order valence-corrected chi connectivity index (χ4v) is 3.36. The molecule has 9 nitrogen and oxygen atoms in total. The number of rotatable bonds is 8. The molecule has 1 aromatic heterocycles. The van der Waals surface area contributed by atoms with Gasteiger partial charge < -0.3 is 25.6 Å². The first-order chi connectivity index (χ1) is 15.3. The molecule has 0 saturated carbocycles. The van der Waals surface area contributed by atoms with Crippen molar-refractivity contribution in [1.82, 2.24) is 15.6 Å². The van der Waals surface area contributed by atoms with Gasteiger partial charge in [0.15, 0.2) is 11.7 Å². The number of aromatic nitrogens is 1. The second kappa shape index (κ2) is 10.4. The number of alkyl carbamates (subject to hydrolysis) is 1. The van der Waals surface area contributed by atoms with E-state index in [0.717, 1.165) is 0 Å². The molecule has 0 fully saturated rings. The smallest absolute Gasteiger partial charge is 0.408 e. The Hall–Kier alpha value is -3.49. The summed E-state index contributed by atoms with van der Waals surface area (Å²) in [4.78, 5) is 40.7. The number of aromatic hydroxyl groups is 2. The van der Waals surface area contributed by atoms with Crippen molar-refractivity contribution >= 4 is 17.8 Å². The molecule has 0 radical (unpaired) electrons. The third-order valence-electron chi connectivity index (χ3n) is 5.00. The van der Waals surface area contributed by atoms with Crippen molar-refractivity contribution < 1.29 is 29.3 Å². The zero-order valence-electron chi connectivity index (χ0n) is 19.9. The number of aromatic amines is 1. The largest absolute Gasteiger partial charge is 0.494 e. The van der Waals surface area contributed by atoms with Gasteiger partial charge in [0.1, 0.15) is 5.60 Å². The molecule has 180 valence electrons. The van der Waals surface area contributed by atoms with Gasteiger partial charge in [-0.25, -0.2) is 4.79 Å². The van der Waals surface area contributed by atoms with Gasteiger partial charge in [0.2, 0.25) is 11.8 Å². The minimum absolute atomic E-state index is 0.0713. The number of carbonyl (C=O) groups excluding carboxylic acids is 3. The lowest BCUT2D eigenvalue weighted by molar-refractivity contribution is -0.122. The van der Waals surface area contributed by atoms with Gasteiger partial charge in [0.05, 0.1) is 24.1 Å². The number of Topliss-reactive ketones (excluding diaryl/α,β-unsaturated/α-hetero) is 1. The molecule has 0 unspecified atom stereocenters. The number of ketones is 1. The number of carbonyl (C=O) groups is 3. The minimum Gasteiger partial charge on any atom is -0.494 e. The van der Waals surface area contributed by atoms with E-state index < -0.39 is 41.3 Å². The molecule has 5 N–H and O–H groups in total. The van der Waals surface area contributed by atoms with Gasteiger partial charge in [-0.3, -0.25) is 14.6 Å². The van der Waals surface area contributed by atoms with Gasteiger partial charge in [-0.05, 0) is 39.2 Å². The third kappa shape index (κ3) is 7.00. The summed E-state index contributed by atoms with van der Waals surface area (Å²) in [7, 11) is 0. The van der Waals surface area contributed by atoms with Gasteiger partial charge in [-0.2, -0.15) is 0 Å². The first-order valence-corrected chi connectivity index (χ1v) is 10.8. The van der Waals surface area contributed by atoms with Crippen LogP contribution in [-0.2, 0) is 9.53 Å². The Bertz CT molecular complexity index is 992. The predicted octanol–water partition coefficient (Wildman–Crippen LogP) is 3.71. The maximum Gasteiger partial charge on any atom is 0.408 e. The van der Waals surface area contributed by atoms with Crippen LogP contribution in [-0.4, -0.2) is 44.6 Å². The molecule has 1 aromatic carbocycles. The summed E-state index contributed by atoms with van der Waals surface area (Å²) < 4.78 is 5.32. The van der Waals surface area contributed by atoms with Crippen LogP contribution in [0, 0.1) is 12.8 Å². The molecule has 9 heteroatoms. The zero-order valence-corrected chi connectivity index (χ0v) is 19.9. The molecule has 2 atom stereocenters.